The first-order valence-corrected chi connectivity index (χ1v) is 7.41. The van der Waals surface area contributed by atoms with Crippen LogP contribution in [0.4, 0.5) is 0 Å². The second kappa shape index (κ2) is 5.54. The van der Waals surface area contributed by atoms with Crippen LogP contribution in [0.2, 0.25) is 0 Å². The third-order valence-electron chi connectivity index (χ3n) is 4.99. The molecule has 0 aliphatic carbocycles. The molecule has 2 atom stereocenters. The molecule has 1 aliphatic rings. The molecule has 1 heterocycles. The van der Waals surface area contributed by atoms with Crippen molar-refractivity contribution in [2.75, 3.05) is 6.54 Å². The SMILES string of the molecule is CCC1=NCCC1C(C)(CC)CC(C)(C)CC. The van der Waals surface area contributed by atoms with Gasteiger partial charge in [-0.05, 0) is 30.1 Å². The number of rotatable bonds is 6. The molecule has 0 spiro atoms. The van der Waals surface area contributed by atoms with Crippen LogP contribution in [-0.2, 0) is 0 Å². The third-order valence-corrected chi connectivity index (χ3v) is 4.99. The predicted octanol–water partition coefficient (Wildman–Crippen LogP) is 5.10. The van der Waals surface area contributed by atoms with E-state index in [-0.39, 0.29) is 0 Å². The maximum absolute atomic E-state index is 4.72. The fourth-order valence-electron chi connectivity index (χ4n) is 3.44. The van der Waals surface area contributed by atoms with Gasteiger partial charge in [0, 0.05) is 18.2 Å². The molecule has 0 aromatic heterocycles. The topological polar surface area (TPSA) is 12.4 Å². The summed E-state index contributed by atoms with van der Waals surface area (Å²) in [6.45, 7) is 15.3. The van der Waals surface area contributed by atoms with E-state index in [2.05, 4.69) is 41.5 Å². The van der Waals surface area contributed by atoms with Crippen molar-refractivity contribution < 1.29 is 0 Å². The second-order valence-electron chi connectivity index (χ2n) is 6.77. The van der Waals surface area contributed by atoms with Crippen molar-refractivity contribution in [3.63, 3.8) is 0 Å². The Morgan fingerprint density at radius 3 is 2.24 bits per heavy atom. The van der Waals surface area contributed by atoms with Crippen LogP contribution in [0.15, 0.2) is 4.99 Å². The summed E-state index contributed by atoms with van der Waals surface area (Å²) in [6.07, 6.45) is 6.31. The average molecular weight is 237 g/mol. The van der Waals surface area contributed by atoms with Crippen LogP contribution >= 0.6 is 0 Å². The van der Waals surface area contributed by atoms with Gasteiger partial charge >= 0.3 is 0 Å². The van der Waals surface area contributed by atoms with Crippen LogP contribution in [0.1, 0.15) is 73.6 Å². The molecule has 0 aromatic rings. The maximum atomic E-state index is 4.72. The Labute approximate surface area is 108 Å². The highest BCUT2D eigenvalue weighted by molar-refractivity contribution is 5.88. The lowest BCUT2D eigenvalue weighted by Crippen LogP contribution is -2.35. The van der Waals surface area contributed by atoms with Gasteiger partial charge in [0.15, 0.2) is 0 Å². The Balaban J connectivity index is 2.85. The highest BCUT2D eigenvalue weighted by Crippen LogP contribution is 2.47. The quantitative estimate of drug-likeness (QED) is 0.609. The standard InChI is InChI=1S/C16H31N/c1-7-14-13(10-11-17-14)16(6,9-3)12-15(4,5)8-2/h13H,7-12H2,1-6H3. The molecule has 0 N–H and O–H groups in total. The Kier molecular flexibility index (Phi) is 4.80. The zero-order valence-corrected chi connectivity index (χ0v) is 12.8. The Morgan fingerprint density at radius 2 is 1.76 bits per heavy atom. The number of hydrogen-bond donors (Lipinski definition) is 0. The largest absolute Gasteiger partial charge is 0.294 e. The van der Waals surface area contributed by atoms with Crippen LogP contribution in [0.3, 0.4) is 0 Å². The zero-order valence-electron chi connectivity index (χ0n) is 12.8. The van der Waals surface area contributed by atoms with Gasteiger partial charge in [0.1, 0.15) is 0 Å². The van der Waals surface area contributed by atoms with Crippen LogP contribution in [-0.4, -0.2) is 12.3 Å². The summed E-state index contributed by atoms with van der Waals surface area (Å²) in [5, 5.41) is 0. The fourth-order valence-corrected chi connectivity index (χ4v) is 3.44. The molecular weight excluding hydrogens is 206 g/mol. The Bertz CT molecular complexity index is 277. The molecule has 1 heteroatoms. The number of nitrogens with zero attached hydrogens (tertiary/aromatic N) is 1. The third kappa shape index (κ3) is 3.33. The summed E-state index contributed by atoms with van der Waals surface area (Å²) >= 11 is 0. The highest BCUT2D eigenvalue weighted by atomic mass is 14.8. The van der Waals surface area contributed by atoms with Gasteiger partial charge in [0.25, 0.3) is 0 Å². The first-order chi connectivity index (χ1) is 7.88. The summed E-state index contributed by atoms with van der Waals surface area (Å²) in [5.41, 5.74) is 2.40. The molecule has 0 radical (unpaired) electrons. The van der Waals surface area contributed by atoms with Crippen molar-refractivity contribution >= 4 is 5.71 Å². The summed E-state index contributed by atoms with van der Waals surface area (Å²) in [6, 6.07) is 0. The minimum absolute atomic E-state index is 0.449. The summed E-state index contributed by atoms with van der Waals surface area (Å²) < 4.78 is 0. The molecule has 1 aliphatic heterocycles. The lowest BCUT2D eigenvalue weighted by atomic mass is 9.63. The Morgan fingerprint density at radius 1 is 1.12 bits per heavy atom. The van der Waals surface area contributed by atoms with Crippen molar-refractivity contribution in [3.8, 4) is 0 Å². The predicted molar refractivity (Wildman–Crippen MR) is 77.8 cm³/mol. The lowest BCUT2D eigenvalue weighted by molar-refractivity contribution is 0.124. The van der Waals surface area contributed by atoms with E-state index in [1.54, 1.807) is 0 Å². The Hall–Kier alpha value is -0.330. The van der Waals surface area contributed by atoms with Gasteiger partial charge in [0.05, 0.1) is 0 Å². The molecule has 0 amide bonds. The minimum Gasteiger partial charge on any atom is -0.294 e. The molecule has 17 heavy (non-hydrogen) atoms. The molecule has 100 valence electrons. The summed E-state index contributed by atoms with van der Waals surface area (Å²) in [7, 11) is 0. The van der Waals surface area contributed by atoms with E-state index >= 15 is 0 Å². The molecule has 2 unspecified atom stereocenters. The van der Waals surface area contributed by atoms with E-state index in [0.29, 0.717) is 10.8 Å². The van der Waals surface area contributed by atoms with Crippen LogP contribution in [0, 0.1) is 16.7 Å². The van der Waals surface area contributed by atoms with Crippen molar-refractivity contribution in [1.29, 1.82) is 0 Å². The molecule has 1 rings (SSSR count). The monoisotopic (exact) mass is 237 g/mol. The number of aliphatic imine (C=N–C) groups is 1. The van der Waals surface area contributed by atoms with Crippen molar-refractivity contribution in [1.82, 2.24) is 0 Å². The van der Waals surface area contributed by atoms with Gasteiger partial charge in [-0.25, -0.2) is 0 Å². The molecule has 0 saturated heterocycles. The lowest BCUT2D eigenvalue weighted by Gasteiger charge is -2.41. The smallest absolute Gasteiger partial charge is 0.0395 e. The minimum atomic E-state index is 0.449. The van der Waals surface area contributed by atoms with Crippen LogP contribution < -0.4 is 0 Å². The second-order valence-corrected chi connectivity index (χ2v) is 6.77. The van der Waals surface area contributed by atoms with E-state index < -0.39 is 0 Å². The van der Waals surface area contributed by atoms with Crippen molar-refractivity contribution in [2.24, 2.45) is 21.7 Å². The maximum Gasteiger partial charge on any atom is 0.0395 e. The normalized spacial score (nSPS) is 24.6. The van der Waals surface area contributed by atoms with Gasteiger partial charge in [-0.3, -0.25) is 4.99 Å². The average Bonchev–Trinajstić information content (AvgIpc) is 2.77. The van der Waals surface area contributed by atoms with Gasteiger partial charge in [-0.2, -0.15) is 0 Å². The van der Waals surface area contributed by atoms with Crippen molar-refractivity contribution in [3.05, 3.63) is 0 Å². The van der Waals surface area contributed by atoms with Gasteiger partial charge < -0.3 is 0 Å². The van der Waals surface area contributed by atoms with Crippen LogP contribution in [0.5, 0.6) is 0 Å². The number of hydrogen-bond acceptors (Lipinski definition) is 1. The molecule has 0 fully saturated rings. The molecule has 0 aromatic carbocycles. The van der Waals surface area contributed by atoms with E-state index in [1.165, 1.54) is 31.4 Å². The van der Waals surface area contributed by atoms with Gasteiger partial charge in [-0.15, -0.1) is 0 Å². The van der Waals surface area contributed by atoms with Gasteiger partial charge in [0.2, 0.25) is 0 Å². The van der Waals surface area contributed by atoms with E-state index in [0.717, 1.165) is 18.9 Å². The molecular formula is C16H31N. The van der Waals surface area contributed by atoms with E-state index in [4.69, 9.17) is 4.99 Å². The first-order valence-electron chi connectivity index (χ1n) is 7.41. The van der Waals surface area contributed by atoms with E-state index in [1.807, 2.05) is 0 Å². The summed E-state index contributed by atoms with van der Waals surface area (Å²) in [5.74, 6) is 0.739. The van der Waals surface area contributed by atoms with E-state index in [9.17, 15) is 0 Å². The zero-order chi connectivity index (χ0) is 13.1. The molecule has 0 bridgehead atoms. The van der Waals surface area contributed by atoms with Crippen LogP contribution in [0.25, 0.3) is 0 Å². The molecule has 1 nitrogen and oxygen atoms in total. The fraction of sp³-hybridized carbons (Fsp3) is 0.938. The van der Waals surface area contributed by atoms with Crippen molar-refractivity contribution in [2.45, 2.75) is 73.6 Å². The first kappa shape index (κ1) is 14.7. The molecule has 0 saturated carbocycles. The van der Waals surface area contributed by atoms with Gasteiger partial charge in [-0.1, -0.05) is 54.4 Å². The summed E-state index contributed by atoms with van der Waals surface area (Å²) in [4.78, 5) is 4.72. The highest BCUT2D eigenvalue weighted by Gasteiger charge is 2.40.